The quantitative estimate of drug-likeness (QED) is 0.340. The van der Waals surface area contributed by atoms with Crippen molar-refractivity contribution in [3.63, 3.8) is 0 Å². The Balaban J connectivity index is 2.10. The Labute approximate surface area is 187 Å². The lowest BCUT2D eigenvalue weighted by Crippen LogP contribution is -2.28. The Morgan fingerprint density at radius 2 is 1.71 bits per heavy atom. The number of nitrogens with zero attached hydrogens (tertiary/aromatic N) is 5. The van der Waals surface area contributed by atoms with Crippen LogP contribution < -0.4 is 10.6 Å². The number of aliphatic hydroxyl groups is 1. The van der Waals surface area contributed by atoms with E-state index in [4.69, 9.17) is 9.97 Å². The number of anilines is 2. The van der Waals surface area contributed by atoms with Crippen LogP contribution in [-0.4, -0.2) is 68.4 Å². The molecule has 1 atom stereocenters. The molecule has 31 heavy (non-hydrogen) atoms. The second-order valence-electron chi connectivity index (χ2n) is 8.57. The molecule has 2 aromatic heterocycles. The summed E-state index contributed by atoms with van der Waals surface area (Å²) in [6.07, 6.45) is 8.68. The number of rotatable bonds is 16. The van der Waals surface area contributed by atoms with Crippen LogP contribution in [0.1, 0.15) is 79.2 Å². The summed E-state index contributed by atoms with van der Waals surface area (Å²) in [5.41, 5.74) is 1.61. The molecule has 0 unspecified atom stereocenters. The van der Waals surface area contributed by atoms with Crippen molar-refractivity contribution in [1.82, 2.24) is 24.4 Å². The molecule has 0 aliphatic heterocycles. The summed E-state index contributed by atoms with van der Waals surface area (Å²) in [4.78, 5) is 16.6. The minimum Gasteiger partial charge on any atom is -0.394 e. The largest absolute Gasteiger partial charge is 0.394 e. The molecule has 2 rings (SSSR count). The summed E-state index contributed by atoms with van der Waals surface area (Å²) in [6.45, 7) is 15.1. The average molecular weight is 434 g/mol. The second kappa shape index (κ2) is 13.5. The van der Waals surface area contributed by atoms with Gasteiger partial charge in [-0.25, -0.2) is 4.98 Å². The van der Waals surface area contributed by atoms with Crippen LogP contribution >= 0.6 is 0 Å². The predicted molar refractivity (Wildman–Crippen MR) is 130 cm³/mol. The number of nitrogens with one attached hydrogen (secondary N) is 2. The number of fused-ring (bicyclic) bond motifs is 1. The smallest absolute Gasteiger partial charge is 0.227 e. The minimum atomic E-state index is -0.0635. The van der Waals surface area contributed by atoms with E-state index in [1.165, 1.54) is 38.8 Å². The molecule has 0 aliphatic rings. The lowest BCUT2D eigenvalue weighted by atomic mass is 10.2. The van der Waals surface area contributed by atoms with Crippen molar-refractivity contribution in [2.75, 3.05) is 43.4 Å². The van der Waals surface area contributed by atoms with Crippen molar-refractivity contribution in [3.05, 3.63) is 6.33 Å². The first-order valence-corrected chi connectivity index (χ1v) is 12.1. The number of aliphatic hydroxyl groups excluding tert-OH is 1. The van der Waals surface area contributed by atoms with E-state index in [1.54, 1.807) is 0 Å². The zero-order chi connectivity index (χ0) is 22.6. The zero-order valence-electron chi connectivity index (χ0n) is 20.2. The van der Waals surface area contributed by atoms with Crippen LogP contribution in [0.25, 0.3) is 11.2 Å². The predicted octanol–water partition coefficient (Wildman–Crippen LogP) is 4.29. The van der Waals surface area contributed by atoms with Gasteiger partial charge in [-0.3, -0.25) is 0 Å². The third-order valence-corrected chi connectivity index (χ3v) is 5.62. The SMILES string of the molecule is CCCCN(CCCC)CCCNc1nc(N[C@H](CC)CO)nc2c1ncn2C(C)C. The maximum Gasteiger partial charge on any atom is 0.227 e. The van der Waals surface area contributed by atoms with Gasteiger partial charge in [0, 0.05) is 12.6 Å². The summed E-state index contributed by atoms with van der Waals surface area (Å²) in [5, 5.41) is 16.3. The van der Waals surface area contributed by atoms with Crippen molar-refractivity contribution in [2.45, 2.75) is 85.2 Å². The first-order chi connectivity index (χ1) is 15.0. The van der Waals surface area contributed by atoms with Crippen LogP contribution in [-0.2, 0) is 0 Å². The molecule has 2 aromatic rings. The molecule has 0 saturated carbocycles. The van der Waals surface area contributed by atoms with Gasteiger partial charge >= 0.3 is 0 Å². The van der Waals surface area contributed by atoms with Gasteiger partial charge < -0.3 is 25.2 Å². The van der Waals surface area contributed by atoms with Crippen molar-refractivity contribution in [1.29, 1.82) is 0 Å². The van der Waals surface area contributed by atoms with Crippen LogP contribution in [0.4, 0.5) is 11.8 Å². The Morgan fingerprint density at radius 1 is 1.03 bits per heavy atom. The molecule has 0 amide bonds. The van der Waals surface area contributed by atoms with Gasteiger partial charge in [-0.1, -0.05) is 33.6 Å². The summed E-state index contributed by atoms with van der Waals surface area (Å²) in [5.74, 6) is 1.29. The highest BCUT2D eigenvalue weighted by atomic mass is 16.3. The van der Waals surface area contributed by atoms with E-state index in [0.29, 0.717) is 5.95 Å². The topological polar surface area (TPSA) is 91.1 Å². The lowest BCUT2D eigenvalue weighted by Gasteiger charge is -2.22. The summed E-state index contributed by atoms with van der Waals surface area (Å²) < 4.78 is 2.06. The molecule has 0 spiro atoms. The fourth-order valence-electron chi connectivity index (χ4n) is 3.55. The van der Waals surface area contributed by atoms with Crippen LogP contribution in [0.15, 0.2) is 6.33 Å². The van der Waals surface area contributed by atoms with Crippen molar-refractivity contribution in [3.8, 4) is 0 Å². The number of unbranched alkanes of at least 4 members (excludes halogenated alkanes) is 2. The van der Waals surface area contributed by atoms with Gasteiger partial charge in [-0.05, 0) is 59.2 Å². The van der Waals surface area contributed by atoms with E-state index in [-0.39, 0.29) is 18.7 Å². The number of hydrogen-bond donors (Lipinski definition) is 3. The third-order valence-electron chi connectivity index (χ3n) is 5.62. The lowest BCUT2D eigenvalue weighted by molar-refractivity contribution is 0.264. The average Bonchev–Trinajstić information content (AvgIpc) is 3.20. The van der Waals surface area contributed by atoms with E-state index >= 15 is 0 Å². The van der Waals surface area contributed by atoms with Crippen LogP contribution in [0, 0.1) is 0 Å². The highest BCUT2D eigenvalue weighted by molar-refractivity contribution is 5.84. The van der Waals surface area contributed by atoms with Gasteiger partial charge in [0.15, 0.2) is 17.0 Å². The van der Waals surface area contributed by atoms with Crippen molar-refractivity contribution in [2.24, 2.45) is 0 Å². The first-order valence-electron chi connectivity index (χ1n) is 12.1. The van der Waals surface area contributed by atoms with E-state index in [2.05, 4.69) is 52.8 Å². The molecule has 8 nitrogen and oxygen atoms in total. The van der Waals surface area contributed by atoms with Crippen LogP contribution in [0.5, 0.6) is 0 Å². The number of aromatic nitrogens is 4. The molecular weight excluding hydrogens is 390 g/mol. The summed E-state index contributed by atoms with van der Waals surface area (Å²) in [6, 6.07) is 0.192. The molecule has 0 aromatic carbocycles. The Kier molecular flexibility index (Phi) is 11.0. The Bertz CT molecular complexity index is 750. The molecule has 2 heterocycles. The minimum absolute atomic E-state index is 0.0510. The highest BCUT2D eigenvalue weighted by Crippen LogP contribution is 2.23. The second-order valence-corrected chi connectivity index (χ2v) is 8.57. The standard InChI is InChI=1S/C23H43N7O/c1-6-9-13-29(14-10-7-2)15-11-12-24-21-20-22(30(17-25-20)18(4)5)28-23(27-21)26-19(8-3)16-31/h17-19,31H,6-16H2,1-5H3,(H2,24,26,27,28)/t19-/m1/s1. The maximum absolute atomic E-state index is 9.57. The van der Waals surface area contributed by atoms with E-state index < -0.39 is 0 Å². The normalized spacial score (nSPS) is 12.8. The van der Waals surface area contributed by atoms with Crippen LogP contribution in [0.2, 0.25) is 0 Å². The maximum atomic E-state index is 9.57. The molecule has 0 saturated heterocycles. The van der Waals surface area contributed by atoms with E-state index in [1.807, 2.05) is 13.3 Å². The monoisotopic (exact) mass is 433 g/mol. The molecule has 8 heteroatoms. The van der Waals surface area contributed by atoms with Gasteiger partial charge in [0.2, 0.25) is 5.95 Å². The Morgan fingerprint density at radius 3 is 2.29 bits per heavy atom. The molecule has 0 fully saturated rings. The van der Waals surface area contributed by atoms with Gasteiger partial charge in [0.1, 0.15) is 0 Å². The third kappa shape index (κ3) is 7.61. The molecule has 0 aliphatic carbocycles. The molecule has 176 valence electrons. The molecule has 0 radical (unpaired) electrons. The fourth-order valence-corrected chi connectivity index (χ4v) is 3.55. The summed E-state index contributed by atoms with van der Waals surface area (Å²) in [7, 11) is 0. The van der Waals surface area contributed by atoms with Gasteiger partial charge in [0.05, 0.1) is 19.0 Å². The summed E-state index contributed by atoms with van der Waals surface area (Å²) >= 11 is 0. The van der Waals surface area contributed by atoms with Gasteiger partial charge in [-0.15, -0.1) is 0 Å². The number of hydrogen-bond acceptors (Lipinski definition) is 7. The van der Waals surface area contributed by atoms with Crippen molar-refractivity contribution < 1.29 is 5.11 Å². The van der Waals surface area contributed by atoms with Gasteiger partial charge in [0.25, 0.3) is 0 Å². The fraction of sp³-hybridized carbons (Fsp3) is 0.783. The Hall–Kier alpha value is -1.93. The molecule has 0 bridgehead atoms. The van der Waals surface area contributed by atoms with Gasteiger partial charge in [-0.2, -0.15) is 9.97 Å². The van der Waals surface area contributed by atoms with Crippen LogP contribution in [0.3, 0.4) is 0 Å². The molecular formula is C23H43N7O. The van der Waals surface area contributed by atoms with E-state index in [9.17, 15) is 5.11 Å². The first kappa shape index (κ1) is 25.3. The highest BCUT2D eigenvalue weighted by Gasteiger charge is 2.16. The number of imidazole rings is 1. The molecule has 3 N–H and O–H groups in total. The van der Waals surface area contributed by atoms with E-state index in [0.717, 1.165) is 42.9 Å². The zero-order valence-corrected chi connectivity index (χ0v) is 20.2. The van der Waals surface area contributed by atoms with Crippen molar-refractivity contribution >= 4 is 22.9 Å².